The minimum Gasteiger partial charge on any atom is -0.496 e. The Labute approximate surface area is 167 Å². The van der Waals surface area contributed by atoms with Crippen LogP contribution in [-0.2, 0) is 4.79 Å². The monoisotopic (exact) mass is 435 g/mol. The van der Waals surface area contributed by atoms with Crippen molar-refractivity contribution in [1.82, 2.24) is 0 Å². The van der Waals surface area contributed by atoms with Gasteiger partial charge in [0.15, 0.2) is 11.5 Å². The van der Waals surface area contributed by atoms with Crippen molar-refractivity contribution in [3.05, 3.63) is 47.0 Å². The number of alkyl halides is 1. The van der Waals surface area contributed by atoms with Crippen molar-refractivity contribution in [2.75, 3.05) is 38.6 Å². The number of hydrogen-bond acceptors (Lipinski definition) is 5. The average molecular weight is 436 g/mol. The SMILES string of the molecule is COc1cc(C)c(OC)c(OC)c1C(=O)c1ccccc1N(C)C(=O)CBr. The number of carbonyl (C=O) groups excluding carboxylic acids is 2. The van der Waals surface area contributed by atoms with Crippen molar-refractivity contribution in [3.63, 3.8) is 0 Å². The number of halogens is 1. The Kier molecular flexibility index (Phi) is 6.85. The van der Waals surface area contributed by atoms with Gasteiger partial charge in [-0.25, -0.2) is 0 Å². The lowest BCUT2D eigenvalue weighted by Gasteiger charge is -2.21. The third-order valence-electron chi connectivity index (χ3n) is 4.24. The fourth-order valence-electron chi connectivity index (χ4n) is 2.88. The number of carbonyl (C=O) groups is 2. The average Bonchev–Trinajstić information content (AvgIpc) is 2.70. The number of hydrogen-bond donors (Lipinski definition) is 0. The summed E-state index contributed by atoms with van der Waals surface area (Å²) in [4.78, 5) is 27.0. The minimum atomic E-state index is -0.327. The molecule has 0 saturated heterocycles. The lowest BCUT2D eigenvalue weighted by Crippen LogP contribution is -2.28. The first-order chi connectivity index (χ1) is 12.9. The van der Waals surface area contributed by atoms with Gasteiger partial charge < -0.3 is 19.1 Å². The molecule has 0 bridgehead atoms. The molecule has 27 heavy (non-hydrogen) atoms. The molecule has 0 heterocycles. The Morgan fingerprint density at radius 3 is 2.22 bits per heavy atom. The van der Waals surface area contributed by atoms with Crippen LogP contribution in [0.5, 0.6) is 17.2 Å². The highest BCUT2D eigenvalue weighted by Gasteiger charge is 2.28. The number of aryl methyl sites for hydroxylation is 1. The van der Waals surface area contributed by atoms with Crippen molar-refractivity contribution < 1.29 is 23.8 Å². The number of anilines is 1. The van der Waals surface area contributed by atoms with Crippen LogP contribution in [0, 0.1) is 6.92 Å². The van der Waals surface area contributed by atoms with E-state index in [1.807, 2.05) is 6.92 Å². The Bertz CT molecular complexity index is 866. The second kappa shape index (κ2) is 8.90. The third-order valence-corrected chi connectivity index (χ3v) is 4.72. The molecule has 0 atom stereocenters. The van der Waals surface area contributed by atoms with Crippen molar-refractivity contribution in [2.45, 2.75) is 6.92 Å². The molecule has 2 aromatic carbocycles. The summed E-state index contributed by atoms with van der Waals surface area (Å²) in [5.41, 5.74) is 1.88. The van der Waals surface area contributed by atoms with Crippen LogP contribution in [-0.4, -0.2) is 45.4 Å². The van der Waals surface area contributed by atoms with E-state index in [-0.39, 0.29) is 22.6 Å². The summed E-state index contributed by atoms with van der Waals surface area (Å²) >= 11 is 3.16. The number of para-hydroxylation sites is 1. The molecule has 2 aromatic rings. The molecule has 2 rings (SSSR count). The first kappa shape index (κ1) is 20.8. The molecule has 0 unspecified atom stereocenters. The van der Waals surface area contributed by atoms with Crippen LogP contribution in [0.2, 0.25) is 0 Å². The number of ether oxygens (including phenoxy) is 3. The lowest BCUT2D eigenvalue weighted by atomic mass is 9.97. The Morgan fingerprint density at radius 1 is 1.04 bits per heavy atom. The maximum Gasteiger partial charge on any atom is 0.237 e. The van der Waals surface area contributed by atoms with Gasteiger partial charge in [0, 0.05) is 12.6 Å². The summed E-state index contributed by atoms with van der Waals surface area (Å²) in [6.07, 6.45) is 0. The van der Waals surface area contributed by atoms with Crippen LogP contribution in [0.15, 0.2) is 30.3 Å². The van der Waals surface area contributed by atoms with E-state index in [0.29, 0.717) is 28.5 Å². The molecular formula is C20H22BrNO5. The van der Waals surface area contributed by atoms with Crippen LogP contribution in [0.4, 0.5) is 5.69 Å². The molecule has 0 aliphatic rings. The topological polar surface area (TPSA) is 65.1 Å². The highest BCUT2D eigenvalue weighted by Crippen LogP contribution is 2.42. The maximum atomic E-state index is 13.5. The number of methoxy groups -OCH3 is 3. The fourth-order valence-corrected chi connectivity index (χ4v) is 3.26. The van der Waals surface area contributed by atoms with Gasteiger partial charge in [-0.05, 0) is 30.7 Å². The van der Waals surface area contributed by atoms with Crippen LogP contribution < -0.4 is 19.1 Å². The first-order valence-electron chi connectivity index (χ1n) is 8.17. The number of benzene rings is 2. The molecule has 0 saturated carbocycles. The lowest BCUT2D eigenvalue weighted by molar-refractivity contribution is -0.115. The van der Waals surface area contributed by atoms with Gasteiger partial charge in [-0.15, -0.1) is 0 Å². The van der Waals surface area contributed by atoms with E-state index in [1.54, 1.807) is 37.4 Å². The molecule has 0 aromatic heterocycles. The fraction of sp³-hybridized carbons (Fsp3) is 0.300. The van der Waals surface area contributed by atoms with Gasteiger partial charge in [-0.2, -0.15) is 0 Å². The molecule has 144 valence electrons. The standard InChI is InChI=1S/C20H22BrNO5/c1-12-10-15(25-3)17(20(27-5)19(12)26-4)18(24)13-8-6-7-9-14(13)22(2)16(23)11-21/h6-10H,11H2,1-5H3. The van der Waals surface area contributed by atoms with Crippen LogP contribution in [0.3, 0.4) is 0 Å². The molecule has 7 heteroatoms. The predicted molar refractivity (Wildman–Crippen MR) is 108 cm³/mol. The molecule has 0 fully saturated rings. The van der Waals surface area contributed by atoms with Gasteiger partial charge in [-0.3, -0.25) is 9.59 Å². The van der Waals surface area contributed by atoms with Crippen molar-refractivity contribution in [3.8, 4) is 17.2 Å². The Hall–Kier alpha value is -2.54. The quantitative estimate of drug-likeness (QED) is 0.490. The largest absolute Gasteiger partial charge is 0.496 e. The molecular weight excluding hydrogens is 414 g/mol. The number of rotatable bonds is 7. The predicted octanol–water partition coefficient (Wildman–Crippen LogP) is 3.61. The van der Waals surface area contributed by atoms with Crippen molar-refractivity contribution in [1.29, 1.82) is 0 Å². The third kappa shape index (κ3) is 3.93. The van der Waals surface area contributed by atoms with E-state index in [9.17, 15) is 9.59 Å². The molecule has 6 nitrogen and oxygen atoms in total. The summed E-state index contributed by atoms with van der Waals surface area (Å²) in [5, 5.41) is 0.150. The van der Waals surface area contributed by atoms with Crippen LogP contribution >= 0.6 is 15.9 Å². The summed E-state index contributed by atoms with van der Waals surface area (Å²) < 4.78 is 16.3. The van der Waals surface area contributed by atoms with E-state index in [4.69, 9.17) is 14.2 Å². The molecule has 1 amide bonds. The zero-order valence-corrected chi connectivity index (χ0v) is 17.5. The number of nitrogens with zero attached hydrogens (tertiary/aromatic N) is 1. The van der Waals surface area contributed by atoms with Gasteiger partial charge in [0.1, 0.15) is 11.3 Å². The minimum absolute atomic E-state index is 0.150. The molecule has 0 spiro atoms. The summed E-state index contributed by atoms with van der Waals surface area (Å²) in [6, 6.07) is 8.63. The number of ketones is 1. The van der Waals surface area contributed by atoms with Gasteiger partial charge >= 0.3 is 0 Å². The second-order valence-corrected chi connectivity index (χ2v) is 6.33. The van der Waals surface area contributed by atoms with E-state index in [0.717, 1.165) is 5.56 Å². The van der Waals surface area contributed by atoms with E-state index < -0.39 is 0 Å². The normalized spacial score (nSPS) is 10.3. The summed E-state index contributed by atoms with van der Waals surface area (Å²) in [6.45, 7) is 1.84. The van der Waals surface area contributed by atoms with E-state index in [1.165, 1.54) is 26.2 Å². The van der Waals surface area contributed by atoms with Crippen molar-refractivity contribution >= 4 is 33.3 Å². The zero-order valence-electron chi connectivity index (χ0n) is 16.0. The van der Waals surface area contributed by atoms with Crippen LogP contribution in [0.25, 0.3) is 0 Å². The maximum absolute atomic E-state index is 13.5. The molecule has 0 N–H and O–H groups in total. The zero-order chi connectivity index (χ0) is 20.1. The molecule has 0 aliphatic carbocycles. The van der Waals surface area contributed by atoms with Crippen molar-refractivity contribution in [2.24, 2.45) is 0 Å². The highest BCUT2D eigenvalue weighted by molar-refractivity contribution is 9.09. The second-order valence-electron chi connectivity index (χ2n) is 5.77. The van der Waals surface area contributed by atoms with Crippen LogP contribution in [0.1, 0.15) is 21.5 Å². The number of amides is 1. The van der Waals surface area contributed by atoms with E-state index >= 15 is 0 Å². The first-order valence-corrected chi connectivity index (χ1v) is 9.29. The molecule has 0 radical (unpaired) electrons. The van der Waals surface area contributed by atoms with Gasteiger partial charge in [-0.1, -0.05) is 28.1 Å². The van der Waals surface area contributed by atoms with Gasteiger partial charge in [0.05, 0.1) is 32.3 Å². The van der Waals surface area contributed by atoms with E-state index in [2.05, 4.69) is 15.9 Å². The highest BCUT2D eigenvalue weighted by atomic mass is 79.9. The van der Waals surface area contributed by atoms with Gasteiger partial charge in [0.2, 0.25) is 11.7 Å². The Morgan fingerprint density at radius 2 is 1.67 bits per heavy atom. The van der Waals surface area contributed by atoms with Gasteiger partial charge in [0.25, 0.3) is 0 Å². The smallest absolute Gasteiger partial charge is 0.237 e. The summed E-state index contributed by atoms with van der Waals surface area (Å²) in [5.74, 6) is 0.634. The Balaban J connectivity index is 2.71. The summed E-state index contributed by atoms with van der Waals surface area (Å²) in [7, 11) is 6.10. The molecule has 0 aliphatic heterocycles.